The molecule has 0 aliphatic carbocycles. The molecule has 5 nitrogen and oxygen atoms in total. The highest BCUT2D eigenvalue weighted by molar-refractivity contribution is 8.00. The molecule has 0 spiro atoms. The van der Waals surface area contributed by atoms with Crippen molar-refractivity contribution in [1.82, 2.24) is 4.98 Å². The Morgan fingerprint density at radius 1 is 0.818 bits per heavy atom. The number of hydrogen-bond acceptors (Lipinski definition) is 5. The first-order valence-corrected chi connectivity index (χ1v) is 12.1. The third kappa shape index (κ3) is 5.05. The molecule has 4 aromatic carbocycles. The van der Waals surface area contributed by atoms with E-state index in [1.165, 1.54) is 23.1 Å². The zero-order valence-corrected chi connectivity index (χ0v) is 19.1. The van der Waals surface area contributed by atoms with E-state index >= 15 is 0 Å². The van der Waals surface area contributed by atoms with Crippen molar-refractivity contribution < 1.29 is 9.59 Å². The maximum absolute atomic E-state index is 12.6. The van der Waals surface area contributed by atoms with Crippen LogP contribution in [0.15, 0.2) is 95.9 Å². The van der Waals surface area contributed by atoms with E-state index in [0.717, 1.165) is 25.9 Å². The number of fused-ring (bicyclic) bond motifs is 2. The minimum Gasteiger partial charge on any atom is -0.322 e. The molecule has 0 bridgehead atoms. The maximum atomic E-state index is 12.6. The largest absolute Gasteiger partial charge is 0.322 e. The van der Waals surface area contributed by atoms with Gasteiger partial charge in [0, 0.05) is 16.1 Å². The first kappa shape index (κ1) is 21.2. The van der Waals surface area contributed by atoms with Crippen molar-refractivity contribution in [2.24, 2.45) is 0 Å². The Labute approximate surface area is 198 Å². The molecule has 7 heteroatoms. The van der Waals surface area contributed by atoms with Gasteiger partial charge in [-0.25, -0.2) is 4.98 Å². The van der Waals surface area contributed by atoms with Gasteiger partial charge in [0.15, 0.2) is 5.13 Å². The lowest BCUT2D eigenvalue weighted by Gasteiger charge is -2.08. The molecule has 5 aromatic rings. The van der Waals surface area contributed by atoms with E-state index in [1.54, 1.807) is 0 Å². The van der Waals surface area contributed by atoms with Crippen LogP contribution in [0.4, 0.5) is 10.8 Å². The Hall–Kier alpha value is -3.68. The molecular formula is C26H19N3O2S2. The van der Waals surface area contributed by atoms with Gasteiger partial charge in [0.1, 0.15) is 0 Å². The number of rotatable bonds is 6. The normalized spacial score (nSPS) is 10.9. The summed E-state index contributed by atoms with van der Waals surface area (Å²) >= 11 is 2.89. The Kier molecular flexibility index (Phi) is 6.06. The van der Waals surface area contributed by atoms with Gasteiger partial charge in [0.05, 0.1) is 16.0 Å². The van der Waals surface area contributed by atoms with Gasteiger partial charge < -0.3 is 10.6 Å². The lowest BCUT2D eigenvalue weighted by molar-refractivity contribution is -0.113. The van der Waals surface area contributed by atoms with Crippen molar-refractivity contribution in [3.8, 4) is 0 Å². The summed E-state index contributed by atoms with van der Waals surface area (Å²) in [7, 11) is 0. The van der Waals surface area contributed by atoms with Crippen molar-refractivity contribution >= 4 is 66.7 Å². The van der Waals surface area contributed by atoms with Gasteiger partial charge in [-0.15, -0.1) is 11.8 Å². The minimum absolute atomic E-state index is 0.104. The molecule has 0 aliphatic heterocycles. The molecule has 0 saturated heterocycles. The van der Waals surface area contributed by atoms with Gasteiger partial charge in [-0.2, -0.15) is 0 Å². The Morgan fingerprint density at radius 2 is 1.58 bits per heavy atom. The molecule has 1 aromatic heterocycles. The number of thiazole rings is 1. The smallest absolute Gasteiger partial charge is 0.255 e. The summed E-state index contributed by atoms with van der Waals surface area (Å²) < 4.78 is 1.04. The van der Waals surface area contributed by atoms with Crippen LogP contribution in [0.1, 0.15) is 10.4 Å². The van der Waals surface area contributed by atoms with E-state index in [0.29, 0.717) is 16.4 Å². The van der Waals surface area contributed by atoms with Gasteiger partial charge in [-0.05, 0) is 59.3 Å². The number of hydrogen-bond donors (Lipinski definition) is 2. The quantitative estimate of drug-likeness (QED) is 0.281. The van der Waals surface area contributed by atoms with Crippen LogP contribution < -0.4 is 10.6 Å². The molecule has 1 heterocycles. The number of amides is 2. The molecule has 0 radical (unpaired) electrons. The lowest BCUT2D eigenvalue weighted by atomic mass is 10.1. The molecular weight excluding hydrogens is 450 g/mol. The van der Waals surface area contributed by atoms with Gasteiger partial charge in [-0.1, -0.05) is 53.8 Å². The van der Waals surface area contributed by atoms with Crippen LogP contribution in [0.25, 0.3) is 21.0 Å². The van der Waals surface area contributed by atoms with Crippen molar-refractivity contribution in [2.45, 2.75) is 4.90 Å². The highest BCUT2D eigenvalue weighted by atomic mass is 32.2. The van der Waals surface area contributed by atoms with Crippen molar-refractivity contribution in [3.63, 3.8) is 0 Å². The van der Waals surface area contributed by atoms with Gasteiger partial charge in [-0.3, -0.25) is 9.59 Å². The predicted molar refractivity (Wildman–Crippen MR) is 137 cm³/mol. The molecule has 33 heavy (non-hydrogen) atoms. The summed E-state index contributed by atoms with van der Waals surface area (Å²) in [6.07, 6.45) is 0. The fourth-order valence-electron chi connectivity index (χ4n) is 3.40. The monoisotopic (exact) mass is 469 g/mol. The molecule has 162 valence electrons. The molecule has 0 aliphatic rings. The summed E-state index contributed by atoms with van der Waals surface area (Å²) in [5.74, 6) is 0.0164. The molecule has 0 fully saturated rings. The van der Waals surface area contributed by atoms with Crippen LogP contribution in [-0.4, -0.2) is 22.6 Å². The van der Waals surface area contributed by atoms with Crippen LogP contribution >= 0.6 is 23.1 Å². The number of aromatic nitrogens is 1. The van der Waals surface area contributed by atoms with Crippen LogP contribution in [-0.2, 0) is 4.79 Å². The summed E-state index contributed by atoms with van der Waals surface area (Å²) in [5, 5.41) is 8.52. The molecule has 0 atom stereocenters. The first-order chi connectivity index (χ1) is 16.1. The number of anilines is 2. The minimum atomic E-state index is -0.156. The van der Waals surface area contributed by atoms with Gasteiger partial charge in [0.25, 0.3) is 5.91 Å². The number of nitrogens with zero attached hydrogens (tertiary/aromatic N) is 1. The van der Waals surface area contributed by atoms with Gasteiger partial charge in [0.2, 0.25) is 5.91 Å². The second-order valence-electron chi connectivity index (χ2n) is 7.36. The van der Waals surface area contributed by atoms with E-state index in [9.17, 15) is 9.59 Å². The summed E-state index contributed by atoms with van der Waals surface area (Å²) in [4.78, 5) is 30.3. The average molecular weight is 470 g/mol. The van der Waals surface area contributed by atoms with Crippen LogP contribution in [0, 0.1) is 0 Å². The zero-order chi connectivity index (χ0) is 22.6. The SMILES string of the molecule is O=C(CSc1ccc(NC(=O)c2ccc3ccccc3c2)cc1)Nc1nc2ccccc2s1. The number of carbonyl (C=O) groups is 2. The number of thioether (sulfide) groups is 1. The van der Waals surface area contributed by atoms with E-state index in [-0.39, 0.29) is 17.6 Å². The van der Waals surface area contributed by atoms with Gasteiger partial charge >= 0.3 is 0 Å². The molecule has 2 amide bonds. The number of nitrogens with one attached hydrogen (secondary N) is 2. The first-order valence-electron chi connectivity index (χ1n) is 10.3. The van der Waals surface area contributed by atoms with E-state index in [2.05, 4.69) is 15.6 Å². The fourth-order valence-corrected chi connectivity index (χ4v) is 4.98. The number of carbonyl (C=O) groups excluding carboxylic acids is 2. The number of para-hydroxylation sites is 1. The molecule has 0 unspecified atom stereocenters. The highest BCUT2D eigenvalue weighted by Crippen LogP contribution is 2.26. The number of benzene rings is 4. The highest BCUT2D eigenvalue weighted by Gasteiger charge is 2.10. The molecule has 2 N–H and O–H groups in total. The zero-order valence-electron chi connectivity index (χ0n) is 17.4. The molecule has 0 saturated carbocycles. The fraction of sp³-hybridized carbons (Fsp3) is 0.0385. The van der Waals surface area contributed by atoms with Crippen LogP contribution in [0.2, 0.25) is 0 Å². The van der Waals surface area contributed by atoms with Crippen molar-refractivity contribution in [2.75, 3.05) is 16.4 Å². The third-order valence-electron chi connectivity index (χ3n) is 5.03. The average Bonchev–Trinajstić information content (AvgIpc) is 3.25. The molecule has 5 rings (SSSR count). The summed E-state index contributed by atoms with van der Waals surface area (Å²) in [6.45, 7) is 0. The predicted octanol–water partition coefficient (Wildman–Crippen LogP) is 6.43. The standard InChI is InChI=1S/C26H19N3O2S2/c30-24(29-26-28-22-7-3-4-8-23(22)33-26)16-32-21-13-11-20(12-14-21)27-25(31)19-10-9-17-5-1-2-6-18(17)15-19/h1-15H,16H2,(H,27,31)(H,28,29,30). The Morgan fingerprint density at radius 3 is 2.39 bits per heavy atom. The van der Waals surface area contributed by atoms with Crippen molar-refractivity contribution in [1.29, 1.82) is 0 Å². The lowest BCUT2D eigenvalue weighted by Crippen LogP contribution is -2.13. The summed E-state index contributed by atoms with van der Waals surface area (Å²) in [5.41, 5.74) is 2.20. The summed E-state index contributed by atoms with van der Waals surface area (Å²) in [6, 6.07) is 28.9. The van der Waals surface area contributed by atoms with E-state index < -0.39 is 0 Å². The third-order valence-corrected chi connectivity index (χ3v) is 7.00. The van der Waals surface area contributed by atoms with Crippen molar-refractivity contribution in [3.05, 3.63) is 96.6 Å². The van der Waals surface area contributed by atoms with E-state index in [1.807, 2.05) is 91.0 Å². The second-order valence-corrected chi connectivity index (χ2v) is 9.44. The second kappa shape index (κ2) is 9.44. The topological polar surface area (TPSA) is 71.1 Å². The van der Waals surface area contributed by atoms with Crippen LogP contribution in [0.5, 0.6) is 0 Å². The van der Waals surface area contributed by atoms with E-state index in [4.69, 9.17) is 0 Å². The Balaban J connectivity index is 1.16. The van der Waals surface area contributed by atoms with Crippen LogP contribution in [0.3, 0.4) is 0 Å². The maximum Gasteiger partial charge on any atom is 0.255 e. The Bertz CT molecular complexity index is 1430.